The number of amides is 2. The Morgan fingerprint density at radius 2 is 1.74 bits per heavy atom. The largest absolute Gasteiger partial charge is 0.385 e. The second kappa shape index (κ2) is 9.03. The summed E-state index contributed by atoms with van der Waals surface area (Å²) in [7, 11) is 0. The number of aromatic nitrogens is 2. The van der Waals surface area contributed by atoms with Crippen molar-refractivity contribution in [1.82, 2.24) is 15.1 Å². The van der Waals surface area contributed by atoms with Gasteiger partial charge in [-0.2, -0.15) is 5.10 Å². The fourth-order valence-corrected chi connectivity index (χ4v) is 6.92. The molecule has 0 radical (unpaired) electrons. The van der Waals surface area contributed by atoms with Crippen molar-refractivity contribution in [3.63, 3.8) is 0 Å². The lowest BCUT2D eigenvalue weighted by Crippen LogP contribution is -2.46. The summed E-state index contributed by atoms with van der Waals surface area (Å²) >= 11 is 0. The number of allylic oxidation sites excluding steroid dienone is 2. The number of rotatable bonds is 7. The predicted octanol–water partition coefficient (Wildman–Crippen LogP) is 4.31. The summed E-state index contributed by atoms with van der Waals surface area (Å²) in [6.45, 7) is 0.793. The minimum Gasteiger partial charge on any atom is -0.385 e. The second-order valence-corrected chi connectivity index (χ2v) is 11.7. The summed E-state index contributed by atoms with van der Waals surface area (Å²) in [5.41, 5.74) is 4.29. The summed E-state index contributed by atoms with van der Waals surface area (Å²) in [6.07, 6.45) is 14.5. The lowest BCUT2D eigenvalue weighted by Gasteiger charge is -2.35. The Kier molecular flexibility index (Phi) is 5.60. The van der Waals surface area contributed by atoms with Gasteiger partial charge in [0.05, 0.1) is 23.6 Å². The van der Waals surface area contributed by atoms with E-state index in [0.29, 0.717) is 34.9 Å². The minimum absolute atomic E-state index is 0.151. The first-order valence-electron chi connectivity index (χ1n) is 14.0. The van der Waals surface area contributed by atoms with Crippen LogP contribution in [0, 0.1) is 17.8 Å². The number of nitrogens with one attached hydrogen (secondary N) is 2. The molecule has 8 nitrogen and oxygen atoms in total. The van der Waals surface area contributed by atoms with Gasteiger partial charge in [0.2, 0.25) is 11.8 Å². The van der Waals surface area contributed by atoms with Gasteiger partial charge in [0.15, 0.2) is 11.6 Å². The molecule has 7 rings (SSSR count). The highest BCUT2D eigenvalue weighted by molar-refractivity contribution is 6.28. The highest BCUT2D eigenvalue weighted by atomic mass is 16.2. The molecular weight excluding hydrogens is 480 g/mol. The van der Waals surface area contributed by atoms with Crippen molar-refractivity contribution in [3.05, 3.63) is 58.9 Å². The lowest BCUT2D eigenvalue weighted by atomic mass is 9.80. The molecule has 2 atom stereocenters. The number of anilines is 1. The first kappa shape index (κ1) is 23.6. The number of fused-ring (bicyclic) bond motifs is 1. The molecule has 8 heteroatoms. The smallest absolute Gasteiger partial charge is 0.230 e. The third kappa shape index (κ3) is 4.01. The van der Waals surface area contributed by atoms with Gasteiger partial charge in [-0.3, -0.25) is 29.2 Å². The number of hydrogen-bond donors (Lipinski definition) is 2. The molecule has 0 spiro atoms. The van der Waals surface area contributed by atoms with E-state index in [9.17, 15) is 19.2 Å². The van der Waals surface area contributed by atoms with E-state index in [1.54, 1.807) is 12.1 Å². The van der Waals surface area contributed by atoms with E-state index in [4.69, 9.17) is 5.10 Å². The van der Waals surface area contributed by atoms with Crippen LogP contribution in [0.2, 0.25) is 0 Å². The van der Waals surface area contributed by atoms with E-state index in [-0.39, 0.29) is 30.3 Å². The van der Waals surface area contributed by atoms with Crippen LogP contribution in [-0.2, 0) is 9.59 Å². The number of carbonyl (C=O) groups excluding carboxylic acids is 4. The van der Waals surface area contributed by atoms with Gasteiger partial charge >= 0.3 is 0 Å². The molecule has 2 heterocycles. The lowest BCUT2D eigenvalue weighted by molar-refractivity contribution is -0.137. The normalized spacial score (nSPS) is 28.9. The van der Waals surface area contributed by atoms with Crippen LogP contribution in [0.15, 0.2) is 36.5 Å². The third-order valence-corrected chi connectivity index (χ3v) is 9.27. The van der Waals surface area contributed by atoms with Crippen LogP contribution >= 0.6 is 0 Å². The van der Waals surface area contributed by atoms with E-state index < -0.39 is 17.7 Å². The van der Waals surface area contributed by atoms with Crippen molar-refractivity contribution in [2.24, 2.45) is 17.8 Å². The van der Waals surface area contributed by atoms with E-state index >= 15 is 0 Å². The maximum Gasteiger partial charge on any atom is 0.230 e. The summed E-state index contributed by atoms with van der Waals surface area (Å²) in [4.78, 5) is 49.9. The SMILES string of the molecule is O=C1CCC(C2C(=O)c3ccc(NCC4CC(n5cc(C6CCCC6)c(C6C=C6)n5)C4)cc3C2=O)C(=O)N1. The van der Waals surface area contributed by atoms with Gasteiger partial charge in [-0.1, -0.05) is 25.0 Å². The monoisotopic (exact) mass is 512 g/mol. The number of carbonyl (C=O) groups is 4. The molecule has 1 aromatic heterocycles. The molecule has 3 fully saturated rings. The van der Waals surface area contributed by atoms with Crippen LogP contribution in [0.4, 0.5) is 5.69 Å². The Morgan fingerprint density at radius 3 is 2.47 bits per heavy atom. The summed E-state index contributed by atoms with van der Waals surface area (Å²) in [6, 6.07) is 5.70. The van der Waals surface area contributed by atoms with Gasteiger partial charge < -0.3 is 5.32 Å². The molecule has 1 aromatic carbocycles. The third-order valence-electron chi connectivity index (χ3n) is 9.27. The van der Waals surface area contributed by atoms with Crippen molar-refractivity contribution in [3.8, 4) is 0 Å². The van der Waals surface area contributed by atoms with Crippen LogP contribution in [0.1, 0.15) is 101 Å². The van der Waals surface area contributed by atoms with Crippen LogP contribution in [0.3, 0.4) is 0 Å². The Bertz CT molecular complexity index is 1370. The van der Waals surface area contributed by atoms with Crippen LogP contribution in [0.5, 0.6) is 0 Å². The number of ketones is 2. The minimum atomic E-state index is -1.03. The molecule has 196 valence electrons. The fourth-order valence-electron chi connectivity index (χ4n) is 6.92. The number of Topliss-reactive ketones (excluding diaryl/α,β-unsaturated/α-hetero) is 2. The zero-order chi connectivity index (χ0) is 26.0. The Morgan fingerprint density at radius 1 is 0.974 bits per heavy atom. The van der Waals surface area contributed by atoms with E-state index in [1.807, 2.05) is 6.07 Å². The molecule has 0 bridgehead atoms. The van der Waals surface area contributed by atoms with Crippen LogP contribution in [-0.4, -0.2) is 39.7 Å². The molecule has 2 N–H and O–H groups in total. The average Bonchev–Trinajstić information content (AvgIpc) is 3.29. The van der Waals surface area contributed by atoms with Gasteiger partial charge in [0.25, 0.3) is 0 Å². The highest BCUT2D eigenvalue weighted by Gasteiger charge is 2.47. The Hall–Kier alpha value is -3.55. The molecule has 2 aromatic rings. The summed E-state index contributed by atoms with van der Waals surface area (Å²) in [5, 5.41) is 10.7. The number of nitrogens with zero attached hydrogens (tertiary/aromatic N) is 2. The van der Waals surface area contributed by atoms with Gasteiger partial charge in [-0.25, -0.2) is 0 Å². The van der Waals surface area contributed by atoms with Crippen molar-refractivity contribution < 1.29 is 19.2 Å². The zero-order valence-corrected chi connectivity index (χ0v) is 21.3. The molecule has 1 aliphatic heterocycles. The van der Waals surface area contributed by atoms with Gasteiger partial charge in [-0.15, -0.1) is 0 Å². The highest BCUT2D eigenvalue weighted by Crippen LogP contribution is 2.44. The van der Waals surface area contributed by atoms with Crippen molar-refractivity contribution >= 4 is 29.1 Å². The number of hydrogen-bond acceptors (Lipinski definition) is 6. The van der Waals surface area contributed by atoms with Gasteiger partial charge in [0.1, 0.15) is 0 Å². The quantitative estimate of drug-likeness (QED) is 0.325. The molecule has 5 aliphatic rings. The molecule has 38 heavy (non-hydrogen) atoms. The molecular formula is C30H32N4O4. The molecule has 2 amide bonds. The van der Waals surface area contributed by atoms with E-state index in [1.165, 1.54) is 36.9 Å². The van der Waals surface area contributed by atoms with Crippen LogP contribution in [0.25, 0.3) is 0 Å². The van der Waals surface area contributed by atoms with Crippen molar-refractivity contribution in [2.45, 2.75) is 69.2 Å². The zero-order valence-electron chi connectivity index (χ0n) is 21.3. The standard InChI is InChI=1S/C30H32N4O4/c35-25-10-9-22(30(38)32-25)26-28(36)21-8-7-19(13-23(21)29(26)37)31-14-16-11-20(12-16)34-15-24(17-3-1-2-4-17)27(33-34)18-5-6-18/h5-8,13,15-18,20,22,26,31H,1-4,9-12,14H2,(H,32,35,38). The van der Waals surface area contributed by atoms with Crippen LogP contribution < -0.4 is 10.6 Å². The molecule has 1 saturated heterocycles. The maximum absolute atomic E-state index is 13.1. The van der Waals surface area contributed by atoms with Crippen molar-refractivity contribution in [2.75, 3.05) is 11.9 Å². The number of benzene rings is 1. The summed E-state index contributed by atoms with van der Waals surface area (Å²) < 4.78 is 2.22. The average molecular weight is 513 g/mol. The van der Waals surface area contributed by atoms with Gasteiger partial charge in [-0.05, 0) is 67.7 Å². The maximum atomic E-state index is 13.1. The summed E-state index contributed by atoms with van der Waals surface area (Å²) in [5.74, 6) is -1.69. The fraction of sp³-hybridized carbons (Fsp3) is 0.500. The predicted molar refractivity (Wildman–Crippen MR) is 140 cm³/mol. The van der Waals surface area contributed by atoms with E-state index in [2.05, 4.69) is 33.7 Å². The topological polar surface area (TPSA) is 110 Å². The molecule has 2 saturated carbocycles. The Labute approximate surface area is 221 Å². The number of imide groups is 1. The molecule has 2 unspecified atom stereocenters. The van der Waals surface area contributed by atoms with Crippen molar-refractivity contribution in [1.29, 1.82) is 0 Å². The number of piperidine rings is 1. The first-order chi connectivity index (χ1) is 18.5. The molecule has 4 aliphatic carbocycles. The first-order valence-corrected chi connectivity index (χ1v) is 14.0. The van der Waals surface area contributed by atoms with E-state index in [0.717, 1.165) is 25.1 Å². The Balaban J connectivity index is 0.973. The second-order valence-electron chi connectivity index (χ2n) is 11.7. The van der Waals surface area contributed by atoms with Gasteiger partial charge in [0, 0.05) is 41.9 Å².